The summed E-state index contributed by atoms with van der Waals surface area (Å²) in [6, 6.07) is 13.8. The van der Waals surface area contributed by atoms with Gasteiger partial charge in [-0.3, -0.25) is 9.59 Å². The molecular formula is C22H25N3O4S. The first kappa shape index (κ1) is 20.4. The van der Waals surface area contributed by atoms with Gasteiger partial charge in [-0.25, -0.2) is 12.7 Å². The number of carbonyl (C=O) groups excluding carboxylic acids is 2. The van der Waals surface area contributed by atoms with Crippen LogP contribution in [0, 0.1) is 5.92 Å². The lowest BCUT2D eigenvalue weighted by Gasteiger charge is -2.28. The smallest absolute Gasteiger partial charge is 0.255 e. The largest absolute Gasteiger partial charge is 0.372 e. The molecule has 2 amide bonds. The van der Waals surface area contributed by atoms with Gasteiger partial charge in [0.05, 0.1) is 17.4 Å². The zero-order valence-corrected chi connectivity index (χ0v) is 17.7. The van der Waals surface area contributed by atoms with Crippen molar-refractivity contribution in [2.24, 2.45) is 5.92 Å². The van der Waals surface area contributed by atoms with E-state index in [0.29, 0.717) is 5.69 Å². The number of hydrogen-bond acceptors (Lipinski definition) is 5. The molecule has 2 saturated heterocycles. The minimum Gasteiger partial charge on any atom is -0.372 e. The molecule has 0 bridgehead atoms. The maximum Gasteiger partial charge on any atom is 0.255 e. The van der Waals surface area contributed by atoms with Crippen LogP contribution in [0.3, 0.4) is 0 Å². The number of hydrogen-bond donors (Lipinski definition) is 1. The summed E-state index contributed by atoms with van der Waals surface area (Å²) in [6.45, 7) is 3.69. The van der Waals surface area contributed by atoms with Crippen LogP contribution < -0.4 is 14.5 Å². The van der Waals surface area contributed by atoms with Crippen LogP contribution in [0.4, 0.5) is 17.1 Å². The van der Waals surface area contributed by atoms with Crippen LogP contribution in [0.2, 0.25) is 0 Å². The molecule has 2 fully saturated rings. The Bertz CT molecular complexity index is 1060. The average Bonchev–Trinajstić information content (AvgIpc) is 2.95. The quantitative estimate of drug-likeness (QED) is 0.809. The van der Waals surface area contributed by atoms with Crippen molar-refractivity contribution < 1.29 is 18.0 Å². The molecule has 0 spiro atoms. The highest BCUT2D eigenvalue weighted by Crippen LogP contribution is 2.29. The number of nitrogens with one attached hydrogen (secondary N) is 1. The molecule has 2 aliphatic heterocycles. The monoisotopic (exact) mass is 427 g/mol. The van der Waals surface area contributed by atoms with Crippen molar-refractivity contribution in [1.29, 1.82) is 0 Å². The Morgan fingerprint density at radius 2 is 1.70 bits per heavy atom. The van der Waals surface area contributed by atoms with E-state index in [9.17, 15) is 18.0 Å². The summed E-state index contributed by atoms with van der Waals surface area (Å²) in [5.74, 6) is -1.64. The third-order valence-electron chi connectivity index (χ3n) is 5.55. The van der Waals surface area contributed by atoms with Crippen molar-refractivity contribution >= 4 is 38.9 Å². The number of rotatable bonds is 4. The van der Waals surface area contributed by atoms with Gasteiger partial charge in [0.25, 0.3) is 5.91 Å². The number of piperidine rings is 1. The second-order valence-corrected chi connectivity index (χ2v) is 9.74. The molecule has 4 rings (SSSR count). The maximum atomic E-state index is 12.7. The third-order valence-corrected chi connectivity index (χ3v) is 7.42. The van der Waals surface area contributed by atoms with Gasteiger partial charge in [0.15, 0.2) is 0 Å². The molecule has 0 aromatic heterocycles. The van der Waals surface area contributed by atoms with E-state index in [2.05, 4.69) is 10.2 Å². The van der Waals surface area contributed by atoms with E-state index in [4.69, 9.17) is 0 Å². The van der Waals surface area contributed by atoms with Crippen LogP contribution in [0.15, 0.2) is 48.5 Å². The molecule has 7 nitrogen and oxygen atoms in total. The van der Waals surface area contributed by atoms with E-state index in [1.807, 2.05) is 24.3 Å². The van der Waals surface area contributed by atoms with Gasteiger partial charge in [-0.15, -0.1) is 0 Å². The lowest BCUT2D eigenvalue weighted by atomic mass is 10.1. The van der Waals surface area contributed by atoms with Gasteiger partial charge in [0, 0.05) is 30.0 Å². The van der Waals surface area contributed by atoms with E-state index in [0.717, 1.165) is 23.1 Å². The van der Waals surface area contributed by atoms with Crippen molar-refractivity contribution in [1.82, 2.24) is 0 Å². The Balaban J connectivity index is 1.49. The first-order valence-electron chi connectivity index (χ1n) is 10.2. The molecule has 30 heavy (non-hydrogen) atoms. The summed E-state index contributed by atoms with van der Waals surface area (Å²) in [5.41, 5.74) is 2.28. The number of anilines is 3. The molecule has 2 aromatic carbocycles. The van der Waals surface area contributed by atoms with Gasteiger partial charge in [0.2, 0.25) is 15.9 Å². The Kier molecular flexibility index (Phi) is 5.51. The number of carbonyl (C=O) groups is 2. The van der Waals surface area contributed by atoms with Crippen molar-refractivity contribution in [3.8, 4) is 0 Å². The molecule has 1 N–H and O–H groups in total. The molecule has 158 valence electrons. The van der Waals surface area contributed by atoms with E-state index in [-0.39, 0.29) is 22.9 Å². The Hall–Kier alpha value is -2.87. The molecule has 0 radical (unpaired) electrons. The predicted molar refractivity (Wildman–Crippen MR) is 117 cm³/mol. The highest BCUT2D eigenvalue weighted by atomic mass is 32.2. The van der Waals surface area contributed by atoms with Crippen LogP contribution in [-0.4, -0.2) is 39.1 Å². The molecule has 1 atom stereocenters. The van der Waals surface area contributed by atoms with Crippen molar-refractivity contribution in [2.45, 2.75) is 26.2 Å². The number of benzene rings is 2. The number of nitrogens with zero attached hydrogens (tertiary/aromatic N) is 2. The highest BCUT2D eigenvalue weighted by molar-refractivity contribution is 7.94. The summed E-state index contributed by atoms with van der Waals surface area (Å²) >= 11 is 0. The standard InChI is InChI=1S/C22H25N3O4S/c1-16-15-30(28,29)25(22(16)27)20-7-5-6-17(14-20)21(26)23-18-8-10-19(11-9-18)24-12-3-2-4-13-24/h5-11,14,16H,2-4,12-13,15H2,1H3,(H,23,26). The zero-order valence-electron chi connectivity index (χ0n) is 16.9. The van der Waals surface area contributed by atoms with Gasteiger partial charge in [0.1, 0.15) is 0 Å². The molecular weight excluding hydrogens is 402 g/mol. The summed E-state index contributed by atoms with van der Waals surface area (Å²) < 4.78 is 25.4. The van der Waals surface area contributed by atoms with E-state index in [1.54, 1.807) is 19.1 Å². The second-order valence-electron chi connectivity index (χ2n) is 7.88. The fourth-order valence-electron chi connectivity index (χ4n) is 3.97. The Morgan fingerprint density at radius 1 is 1.00 bits per heavy atom. The van der Waals surface area contributed by atoms with Crippen molar-refractivity contribution in [3.05, 3.63) is 54.1 Å². The minimum atomic E-state index is -3.71. The van der Waals surface area contributed by atoms with Crippen LogP contribution in [0.5, 0.6) is 0 Å². The topological polar surface area (TPSA) is 86.8 Å². The normalized spacial score (nSPS) is 21.0. The third kappa shape index (κ3) is 4.05. The predicted octanol–water partition coefficient (Wildman–Crippen LogP) is 3.24. The molecule has 2 aromatic rings. The maximum absolute atomic E-state index is 12.7. The second kappa shape index (κ2) is 8.10. The zero-order chi connectivity index (χ0) is 21.3. The molecule has 2 aliphatic rings. The Labute approximate surface area is 176 Å². The first-order chi connectivity index (χ1) is 14.3. The van der Waals surface area contributed by atoms with E-state index >= 15 is 0 Å². The molecule has 1 unspecified atom stereocenters. The van der Waals surface area contributed by atoms with Gasteiger partial charge in [-0.05, 0) is 61.7 Å². The fourth-order valence-corrected chi connectivity index (χ4v) is 5.78. The molecule has 2 heterocycles. The van der Waals surface area contributed by atoms with Crippen LogP contribution in [0.1, 0.15) is 36.5 Å². The van der Waals surface area contributed by atoms with Crippen LogP contribution in [-0.2, 0) is 14.8 Å². The van der Waals surface area contributed by atoms with Gasteiger partial charge < -0.3 is 10.2 Å². The van der Waals surface area contributed by atoms with Crippen LogP contribution in [0.25, 0.3) is 0 Å². The lowest BCUT2D eigenvalue weighted by molar-refractivity contribution is -0.119. The number of amides is 2. The highest BCUT2D eigenvalue weighted by Gasteiger charge is 2.42. The summed E-state index contributed by atoms with van der Waals surface area (Å²) in [7, 11) is -3.71. The minimum absolute atomic E-state index is 0.192. The average molecular weight is 428 g/mol. The van der Waals surface area contributed by atoms with Gasteiger partial charge in [-0.2, -0.15) is 0 Å². The Morgan fingerprint density at radius 3 is 2.33 bits per heavy atom. The van der Waals surface area contributed by atoms with E-state index < -0.39 is 21.8 Å². The molecule has 8 heteroatoms. The summed E-state index contributed by atoms with van der Waals surface area (Å²) in [5, 5.41) is 2.84. The van der Waals surface area contributed by atoms with Gasteiger partial charge >= 0.3 is 0 Å². The van der Waals surface area contributed by atoms with E-state index in [1.165, 1.54) is 31.4 Å². The lowest BCUT2D eigenvalue weighted by Crippen LogP contribution is -2.30. The van der Waals surface area contributed by atoms with Crippen LogP contribution >= 0.6 is 0 Å². The summed E-state index contributed by atoms with van der Waals surface area (Å²) in [6.07, 6.45) is 3.67. The fraction of sp³-hybridized carbons (Fsp3) is 0.364. The SMILES string of the molecule is CC1CS(=O)(=O)N(c2cccc(C(=O)Nc3ccc(N4CCCCC4)cc3)c2)C1=O. The summed E-state index contributed by atoms with van der Waals surface area (Å²) in [4.78, 5) is 27.3. The van der Waals surface area contributed by atoms with Gasteiger partial charge in [-0.1, -0.05) is 13.0 Å². The van der Waals surface area contributed by atoms with Crippen molar-refractivity contribution in [3.63, 3.8) is 0 Å². The van der Waals surface area contributed by atoms with Crippen molar-refractivity contribution in [2.75, 3.05) is 33.4 Å². The molecule has 0 saturated carbocycles. The number of sulfonamides is 1. The molecule has 0 aliphatic carbocycles. The first-order valence-corrected chi connectivity index (χ1v) is 11.8.